The van der Waals surface area contributed by atoms with Crippen molar-refractivity contribution >= 4 is 22.9 Å². The number of carbonyl (C=O) groups is 1. The number of hydrogen-bond acceptors (Lipinski definition) is 6. The van der Waals surface area contributed by atoms with E-state index in [0.29, 0.717) is 17.0 Å². The lowest BCUT2D eigenvalue weighted by Crippen LogP contribution is -2.30. The third-order valence-corrected chi connectivity index (χ3v) is 3.29. The van der Waals surface area contributed by atoms with E-state index in [-0.39, 0.29) is 11.4 Å². The molecule has 1 N–H and O–H groups in total. The second-order valence-electron chi connectivity index (χ2n) is 4.66. The van der Waals surface area contributed by atoms with E-state index < -0.39 is 5.97 Å². The molecule has 1 aliphatic rings. The van der Waals surface area contributed by atoms with Crippen LogP contribution in [0, 0.1) is 6.92 Å². The molecule has 0 amide bonds. The maximum Gasteiger partial charge on any atom is 0.358 e. The maximum atomic E-state index is 11.2. The molecule has 19 heavy (non-hydrogen) atoms. The van der Waals surface area contributed by atoms with Gasteiger partial charge < -0.3 is 14.5 Å². The predicted molar refractivity (Wildman–Crippen MR) is 67.4 cm³/mol. The first kappa shape index (κ1) is 11.9. The number of aromatic nitrogens is 3. The zero-order chi connectivity index (χ0) is 13.4. The summed E-state index contributed by atoms with van der Waals surface area (Å²) in [6, 6.07) is 0. The summed E-state index contributed by atoms with van der Waals surface area (Å²) in [4.78, 5) is 21.8. The van der Waals surface area contributed by atoms with E-state index >= 15 is 0 Å². The highest BCUT2D eigenvalue weighted by Crippen LogP contribution is 2.29. The largest absolute Gasteiger partial charge is 0.476 e. The van der Waals surface area contributed by atoms with Crippen molar-refractivity contribution in [1.29, 1.82) is 0 Å². The molecule has 100 valence electrons. The Morgan fingerprint density at radius 1 is 1.26 bits per heavy atom. The Bertz CT molecular complexity index is 631. The summed E-state index contributed by atoms with van der Waals surface area (Å²) >= 11 is 0. The molecule has 2 aromatic rings. The summed E-state index contributed by atoms with van der Waals surface area (Å²) in [5, 5.41) is 13.2. The summed E-state index contributed by atoms with van der Waals surface area (Å²) in [7, 11) is 0. The molecule has 0 spiro atoms. The molecule has 1 fully saturated rings. The average molecular weight is 262 g/mol. The molecule has 0 unspecified atom stereocenters. The van der Waals surface area contributed by atoms with Crippen LogP contribution in [-0.2, 0) is 0 Å². The Morgan fingerprint density at radius 3 is 2.68 bits per heavy atom. The number of aryl methyl sites for hydroxylation is 1. The van der Waals surface area contributed by atoms with Gasteiger partial charge in [-0.3, -0.25) is 0 Å². The molecule has 0 saturated carbocycles. The van der Waals surface area contributed by atoms with Gasteiger partial charge in [0.1, 0.15) is 17.0 Å². The zero-order valence-electron chi connectivity index (χ0n) is 10.6. The van der Waals surface area contributed by atoms with E-state index in [0.717, 1.165) is 25.9 Å². The number of aromatic carboxylic acids is 1. The highest BCUT2D eigenvalue weighted by Gasteiger charge is 2.25. The first-order chi connectivity index (χ1) is 9.16. The molecule has 0 aromatic carbocycles. The monoisotopic (exact) mass is 262 g/mol. The van der Waals surface area contributed by atoms with Crippen LogP contribution in [0.5, 0.6) is 0 Å². The second kappa shape index (κ2) is 4.49. The van der Waals surface area contributed by atoms with Gasteiger partial charge in [-0.1, -0.05) is 5.16 Å². The second-order valence-corrected chi connectivity index (χ2v) is 4.66. The zero-order valence-corrected chi connectivity index (χ0v) is 10.6. The van der Waals surface area contributed by atoms with E-state index in [4.69, 9.17) is 9.63 Å². The molecule has 3 rings (SSSR count). The minimum absolute atomic E-state index is 0.115. The number of nitrogens with zero attached hydrogens (tertiary/aromatic N) is 4. The molecule has 0 aliphatic carbocycles. The molecule has 7 nitrogen and oxygen atoms in total. The third kappa shape index (κ3) is 2.00. The van der Waals surface area contributed by atoms with Crippen LogP contribution in [0.4, 0.5) is 5.82 Å². The SMILES string of the molecule is Cc1nc(N2CCCCC2)c2c(C(=O)O)noc2n1. The van der Waals surface area contributed by atoms with Crippen LogP contribution in [0.3, 0.4) is 0 Å². The minimum Gasteiger partial charge on any atom is -0.476 e. The van der Waals surface area contributed by atoms with Crippen LogP contribution in [-0.4, -0.2) is 39.3 Å². The van der Waals surface area contributed by atoms with Crippen molar-refractivity contribution in [2.24, 2.45) is 0 Å². The Labute approximate surface area is 109 Å². The summed E-state index contributed by atoms with van der Waals surface area (Å²) in [5.74, 6) is 0.0616. The number of anilines is 1. The maximum absolute atomic E-state index is 11.2. The van der Waals surface area contributed by atoms with E-state index in [1.165, 1.54) is 6.42 Å². The lowest BCUT2D eigenvalue weighted by atomic mass is 10.1. The summed E-state index contributed by atoms with van der Waals surface area (Å²) < 4.78 is 5.01. The normalized spacial score (nSPS) is 15.9. The molecular formula is C12H14N4O3. The van der Waals surface area contributed by atoms with Crippen molar-refractivity contribution in [3.05, 3.63) is 11.5 Å². The van der Waals surface area contributed by atoms with Gasteiger partial charge in [-0.2, -0.15) is 4.98 Å². The highest BCUT2D eigenvalue weighted by atomic mass is 16.5. The quantitative estimate of drug-likeness (QED) is 0.878. The van der Waals surface area contributed by atoms with Gasteiger partial charge in [0, 0.05) is 13.1 Å². The Kier molecular flexibility index (Phi) is 2.81. The topological polar surface area (TPSA) is 92.4 Å². The first-order valence-corrected chi connectivity index (χ1v) is 6.29. The molecule has 7 heteroatoms. The van der Waals surface area contributed by atoms with Crippen LogP contribution in [0.1, 0.15) is 35.6 Å². The number of hydrogen-bond donors (Lipinski definition) is 1. The van der Waals surface area contributed by atoms with Gasteiger partial charge >= 0.3 is 5.97 Å². The lowest BCUT2D eigenvalue weighted by molar-refractivity contribution is 0.0688. The first-order valence-electron chi connectivity index (χ1n) is 6.29. The van der Waals surface area contributed by atoms with Crippen molar-refractivity contribution in [2.75, 3.05) is 18.0 Å². The predicted octanol–water partition coefficient (Wildman–Crippen LogP) is 1.61. The Morgan fingerprint density at radius 2 is 2.00 bits per heavy atom. The number of rotatable bonds is 2. The number of carboxylic acid groups (broad SMARTS) is 1. The van der Waals surface area contributed by atoms with Crippen LogP contribution in [0.25, 0.3) is 11.1 Å². The lowest BCUT2D eigenvalue weighted by Gasteiger charge is -2.28. The molecule has 0 radical (unpaired) electrons. The van der Waals surface area contributed by atoms with Crippen molar-refractivity contribution in [3.63, 3.8) is 0 Å². The average Bonchev–Trinajstić information content (AvgIpc) is 2.82. The number of carboxylic acids is 1. The van der Waals surface area contributed by atoms with Gasteiger partial charge in [-0.15, -0.1) is 0 Å². The van der Waals surface area contributed by atoms with E-state index in [9.17, 15) is 4.79 Å². The summed E-state index contributed by atoms with van der Waals surface area (Å²) in [6.07, 6.45) is 3.36. The fraction of sp³-hybridized carbons (Fsp3) is 0.500. The van der Waals surface area contributed by atoms with Gasteiger partial charge in [-0.25, -0.2) is 9.78 Å². The Hall–Kier alpha value is -2.18. The molecule has 0 bridgehead atoms. The molecule has 2 aromatic heterocycles. The Balaban J connectivity index is 2.19. The standard InChI is InChI=1S/C12H14N4O3/c1-7-13-10(16-5-3-2-4-6-16)8-9(12(17)18)15-19-11(8)14-7/h2-6H2,1H3,(H,17,18). The molecule has 3 heterocycles. The number of piperidine rings is 1. The highest BCUT2D eigenvalue weighted by molar-refractivity contribution is 6.04. The van der Waals surface area contributed by atoms with Crippen LogP contribution < -0.4 is 4.90 Å². The molecule has 1 aliphatic heterocycles. The van der Waals surface area contributed by atoms with Gasteiger partial charge in [-0.05, 0) is 26.2 Å². The van der Waals surface area contributed by atoms with Gasteiger partial charge in [0.2, 0.25) is 5.69 Å². The third-order valence-electron chi connectivity index (χ3n) is 3.29. The van der Waals surface area contributed by atoms with Crippen molar-refractivity contribution in [2.45, 2.75) is 26.2 Å². The smallest absolute Gasteiger partial charge is 0.358 e. The van der Waals surface area contributed by atoms with Crippen molar-refractivity contribution in [3.8, 4) is 0 Å². The number of fused-ring (bicyclic) bond motifs is 1. The fourth-order valence-electron chi connectivity index (χ4n) is 2.42. The summed E-state index contributed by atoms with van der Waals surface area (Å²) in [5.41, 5.74) is 0.126. The van der Waals surface area contributed by atoms with Crippen LogP contribution >= 0.6 is 0 Å². The van der Waals surface area contributed by atoms with Crippen LogP contribution in [0.2, 0.25) is 0 Å². The molecule has 1 saturated heterocycles. The molecular weight excluding hydrogens is 248 g/mol. The van der Waals surface area contributed by atoms with Gasteiger partial charge in [0.15, 0.2) is 0 Å². The van der Waals surface area contributed by atoms with Crippen molar-refractivity contribution < 1.29 is 14.4 Å². The minimum atomic E-state index is -1.12. The van der Waals surface area contributed by atoms with E-state index in [2.05, 4.69) is 20.0 Å². The summed E-state index contributed by atoms with van der Waals surface area (Å²) in [6.45, 7) is 3.50. The fourth-order valence-corrected chi connectivity index (χ4v) is 2.42. The van der Waals surface area contributed by atoms with E-state index in [1.807, 2.05) is 0 Å². The van der Waals surface area contributed by atoms with Gasteiger partial charge in [0.05, 0.1) is 0 Å². The van der Waals surface area contributed by atoms with Gasteiger partial charge in [0.25, 0.3) is 5.71 Å². The van der Waals surface area contributed by atoms with Crippen LogP contribution in [0.15, 0.2) is 4.52 Å². The van der Waals surface area contributed by atoms with E-state index in [1.54, 1.807) is 6.92 Å². The molecule has 0 atom stereocenters. The van der Waals surface area contributed by atoms with Crippen molar-refractivity contribution in [1.82, 2.24) is 15.1 Å².